The molecular weight excluding hydrogens is 336 g/mol. The van der Waals surface area contributed by atoms with E-state index in [1.807, 2.05) is 18.7 Å². The molecule has 0 aliphatic carbocycles. The standard InChI is InChI=1S/C23H34N2O2/c1-16(2)23(27)24-12-9-19(10-13-24)15-22(26)25-11-5-6-21(25)20-8-7-17(3)18(4)14-20/h7-8,14,16,19,21H,5-6,9-13,15H2,1-4H3. The molecule has 27 heavy (non-hydrogen) atoms. The largest absolute Gasteiger partial charge is 0.342 e. The molecule has 2 heterocycles. The van der Waals surface area contributed by atoms with Crippen LogP contribution in [0.4, 0.5) is 0 Å². The van der Waals surface area contributed by atoms with Crippen LogP contribution in [0.5, 0.6) is 0 Å². The Labute approximate surface area is 163 Å². The first-order valence-corrected chi connectivity index (χ1v) is 10.5. The summed E-state index contributed by atoms with van der Waals surface area (Å²) in [6.07, 6.45) is 4.68. The van der Waals surface area contributed by atoms with Gasteiger partial charge in [-0.25, -0.2) is 0 Å². The highest BCUT2D eigenvalue weighted by Gasteiger charge is 2.32. The molecule has 0 spiro atoms. The van der Waals surface area contributed by atoms with Gasteiger partial charge in [0.15, 0.2) is 0 Å². The Hall–Kier alpha value is -1.84. The second-order valence-corrected chi connectivity index (χ2v) is 8.72. The van der Waals surface area contributed by atoms with Crippen LogP contribution in [0.15, 0.2) is 18.2 Å². The van der Waals surface area contributed by atoms with Crippen LogP contribution in [-0.2, 0) is 9.59 Å². The van der Waals surface area contributed by atoms with Gasteiger partial charge >= 0.3 is 0 Å². The molecule has 0 aromatic heterocycles. The zero-order chi connectivity index (χ0) is 19.6. The second kappa shape index (κ2) is 8.45. The fourth-order valence-corrected chi connectivity index (χ4v) is 4.47. The number of amides is 2. The molecule has 148 valence electrons. The van der Waals surface area contributed by atoms with Crippen LogP contribution in [0, 0.1) is 25.7 Å². The van der Waals surface area contributed by atoms with Crippen molar-refractivity contribution in [3.63, 3.8) is 0 Å². The van der Waals surface area contributed by atoms with Crippen LogP contribution in [0.3, 0.4) is 0 Å². The number of piperidine rings is 1. The summed E-state index contributed by atoms with van der Waals surface area (Å²) < 4.78 is 0. The van der Waals surface area contributed by atoms with E-state index in [2.05, 4.69) is 36.9 Å². The summed E-state index contributed by atoms with van der Waals surface area (Å²) in [5.41, 5.74) is 3.88. The van der Waals surface area contributed by atoms with E-state index in [0.29, 0.717) is 18.2 Å². The molecule has 0 N–H and O–H groups in total. The Kier molecular flexibility index (Phi) is 6.23. The summed E-state index contributed by atoms with van der Waals surface area (Å²) >= 11 is 0. The van der Waals surface area contributed by atoms with Crippen molar-refractivity contribution >= 4 is 11.8 Å². The van der Waals surface area contributed by atoms with Gasteiger partial charge in [0.2, 0.25) is 11.8 Å². The van der Waals surface area contributed by atoms with Crippen molar-refractivity contribution in [2.24, 2.45) is 11.8 Å². The van der Waals surface area contributed by atoms with Crippen molar-refractivity contribution in [2.75, 3.05) is 19.6 Å². The first kappa shape index (κ1) is 19.9. The van der Waals surface area contributed by atoms with Crippen molar-refractivity contribution in [2.45, 2.75) is 65.8 Å². The SMILES string of the molecule is Cc1ccc(C2CCCN2C(=O)CC2CCN(C(=O)C(C)C)CC2)cc1C. The van der Waals surface area contributed by atoms with Crippen LogP contribution >= 0.6 is 0 Å². The number of carbonyl (C=O) groups is 2. The summed E-state index contributed by atoms with van der Waals surface area (Å²) in [6.45, 7) is 10.7. The molecule has 4 nitrogen and oxygen atoms in total. The normalized spacial score (nSPS) is 21.1. The van der Waals surface area contributed by atoms with Crippen molar-refractivity contribution < 1.29 is 9.59 Å². The van der Waals surface area contributed by atoms with E-state index < -0.39 is 0 Å². The van der Waals surface area contributed by atoms with Crippen LogP contribution in [0.2, 0.25) is 0 Å². The monoisotopic (exact) mass is 370 g/mol. The summed E-state index contributed by atoms with van der Waals surface area (Å²) in [6, 6.07) is 6.85. The molecule has 2 aliphatic heterocycles. The van der Waals surface area contributed by atoms with Crippen molar-refractivity contribution in [3.05, 3.63) is 34.9 Å². The smallest absolute Gasteiger partial charge is 0.225 e. The highest BCUT2D eigenvalue weighted by molar-refractivity contribution is 5.79. The zero-order valence-corrected chi connectivity index (χ0v) is 17.3. The topological polar surface area (TPSA) is 40.6 Å². The molecule has 0 bridgehead atoms. The number of rotatable bonds is 4. The average Bonchev–Trinajstić information content (AvgIpc) is 3.14. The molecular formula is C23H34N2O2. The minimum absolute atomic E-state index is 0.0616. The minimum atomic E-state index is 0.0616. The fourth-order valence-electron chi connectivity index (χ4n) is 4.47. The van der Waals surface area contributed by atoms with E-state index >= 15 is 0 Å². The summed E-state index contributed by atoms with van der Waals surface area (Å²) in [7, 11) is 0. The van der Waals surface area contributed by atoms with E-state index in [9.17, 15) is 9.59 Å². The van der Waals surface area contributed by atoms with Crippen molar-refractivity contribution in [1.82, 2.24) is 9.80 Å². The molecule has 1 aromatic rings. The van der Waals surface area contributed by atoms with E-state index in [0.717, 1.165) is 45.3 Å². The van der Waals surface area contributed by atoms with Gasteiger partial charge in [-0.15, -0.1) is 0 Å². The first-order valence-electron chi connectivity index (χ1n) is 10.5. The number of hydrogen-bond acceptors (Lipinski definition) is 2. The van der Waals surface area contributed by atoms with Crippen LogP contribution in [0.25, 0.3) is 0 Å². The summed E-state index contributed by atoms with van der Waals surface area (Å²) in [4.78, 5) is 29.2. The highest BCUT2D eigenvalue weighted by Crippen LogP contribution is 2.34. The predicted molar refractivity (Wildman–Crippen MR) is 108 cm³/mol. The van der Waals surface area contributed by atoms with Crippen LogP contribution < -0.4 is 0 Å². The molecule has 1 atom stereocenters. The van der Waals surface area contributed by atoms with Crippen molar-refractivity contribution in [3.8, 4) is 0 Å². The third-order valence-electron chi connectivity index (χ3n) is 6.37. The maximum Gasteiger partial charge on any atom is 0.225 e. The molecule has 2 aliphatic rings. The Morgan fingerprint density at radius 1 is 1.04 bits per heavy atom. The Balaban J connectivity index is 1.57. The quantitative estimate of drug-likeness (QED) is 0.795. The van der Waals surface area contributed by atoms with E-state index in [4.69, 9.17) is 0 Å². The summed E-state index contributed by atoms with van der Waals surface area (Å²) in [5.74, 6) is 1.01. The molecule has 1 aromatic carbocycles. The van der Waals surface area contributed by atoms with Gasteiger partial charge in [0.05, 0.1) is 6.04 Å². The number of nitrogens with zero attached hydrogens (tertiary/aromatic N) is 2. The maximum atomic E-state index is 13.0. The van der Waals surface area contributed by atoms with Gasteiger partial charge in [-0.05, 0) is 62.1 Å². The first-order chi connectivity index (χ1) is 12.9. The molecule has 3 rings (SSSR count). The van der Waals surface area contributed by atoms with Gasteiger partial charge < -0.3 is 9.80 Å². The molecule has 1 unspecified atom stereocenters. The third kappa shape index (κ3) is 4.53. The lowest BCUT2D eigenvalue weighted by Gasteiger charge is -2.34. The average molecular weight is 371 g/mol. The minimum Gasteiger partial charge on any atom is -0.342 e. The van der Waals surface area contributed by atoms with E-state index in [1.54, 1.807) is 0 Å². The van der Waals surface area contributed by atoms with Crippen LogP contribution in [-0.4, -0.2) is 41.2 Å². The Morgan fingerprint density at radius 3 is 2.37 bits per heavy atom. The third-order valence-corrected chi connectivity index (χ3v) is 6.37. The van der Waals surface area contributed by atoms with Gasteiger partial charge in [-0.2, -0.15) is 0 Å². The van der Waals surface area contributed by atoms with Gasteiger partial charge in [-0.3, -0.25) is 9.59 Å². The van der Waals surface area contributed by atoms with Gasteiger partial charge in [0.1, 0.15) is 0 Å². The zero-order valence-electron chi connectivity index (χ0n) is 17.3. The lowest BCUT2D eigenvalue weighted by atomic mass is 9.92. The molecule has 4 heteroatoms. The van der Waals surface area contributed by atoms with E-state index in [-0.39, 0.29) is 17.9 Å². The highest BCUT2D eigenvalue weighted by atomic mass is 16.2. The van der Waals surface area contributed by atoms with Crippen LogP contribution in [0.1, 0.15) is 68.7 Å². The molecule has 2 saturated heterocycles. The Bertz CT molecular complexity index is 690. The van der Waals surface area contributed by atoms with Crippen molar-refractivity contribution in [1.29, 1.82) is 0 Å². The number of likely N-dealkylation sites (tertiary alicyclic amines) is 2. The number of benzene rings is 1. The lowest BCUT2D eigenvalue weighted by Crippen LogP contribution is -2.41. The maximum absolute atomic E-state index is 13.0. The van der Waals surface area contributed by atoms with Gasteiger partial charge in [-0.1, -0.05) is 32.0 Å². The lowest BCUT2D eigenvalue weighted by molar-refractivity contribution is -0.136. The predicted octanol–water partition coefficient (Wildman–Crippen LogP) is 4.25. The molecule has 2 fully saturated rings. The van der Waals surface area contributed by atoms with Gasteiger partial charge in [0.25, 0.3) is 0 Å². The van der Waals surface area contributed by atoms with Gasteiger partial charge in [0, 0.05) is 32.0 Å². The fraction of sp³-hybridized carbons (Fsp3) is 0.652. The number of carbonyl (C=O) groups excluding carboxylic acids is 2. The number of aryl methyl sites for hydroxylation is 2. The second-order valence-electron chi connectivity index (χ2n) is 8.72. The Morgan fingerprint density at radius 2 is 1.74 bits per heavy atom. The molecule has 0 radical (unpaired) electrons. The summed E-state index contributed by atoms with van der Waals surface area (Å²) in [5, 5.41) is 0. The number of hydrogen-bond donors (Lipinski definition) is 0. The molecule has 2 amide bonds. The molecule has 0 saturated carbocycles. The van der Waals surface area contributed by atoms with E-state index in [1.165, 1.54) is 16.7 Å².